The Hall–Kier alpha value is -2.34. The number of rotatable bonds is 10. The van der Waals surface area contributed by atoms with E-state index in [2.05, 4.69) is 0 Å². The summed E-state index contributed by atoms with van der Waals surface area (Å²) in [5, 5.41) is 8.62. The predicted molar refractivity (Wildman–Crippen MR) is 105 cm³/mol. The second kappa shape index (κ2) is 10.3. The number of carboxylic acids is 1. The van der Waals surface area contributed by atoms with Crippen molar-refractivity contribution in [2.24, 2.45) is 17.8 Å². The summed E-state index contributed by atoms with van der Waals surface area (Å²) in [6.07, 6.45) is 3.71. The second-order valence-corrected chi connectivity index (χ2v) is 7.34. The van der Waals surface area contributed by atoms with Crippen molar-refractivity contribution >= 4 is 11.8 Å². The van der Waals surface area contributed by atoms with E-state index in [-0.39, 0.29) is 42.7 Å². The average molecular weight is 390 g/mol. The molecule has 4 atom stereocenters. The van der Waals surface area contributed by atoms with Crippen LogP contribution in [0.2, 0.25) is 0 Å². The van der Waals surface area contributed by atoms with Gasteiger partial charge in [-0.15, -0.1) is 0 Å². The Balaban J connectivity index is 1.99. The fourth-order valence-corrected chi connectivity index (χ4v) is 3.68. The maximum Gasteiger partial charge on any atom is 0.306 e. The molecular formula is C22H30O6. The molecule has 6 heteroatoms. The zero-order valence-electron chi connectivity index (χ0n) is 17.0. The number of aliphatic carboxylic acids is 1. The molecule has 0 amide bonds. The molecule has 1 aromatic carbocycles. The fraction of sp³-hybridized carbons (Fsp3) is 0.545. The van der Waals surface area contributed by atoms with Crippen LogP contribution < -0.4 is 4.74 Å². The van der Waals surface area contributed by atoms with Crippen LogP contribution >= 0.6 is 0 Å². The minimum atomic E-state index is -0.897. The van der Waals surface area contributed by atoms with Crippen molar-refractivity contribution in [2.45, 2.75) is 39.7 Å². The number of Topliss-reactive ketones (excluding diaryl/α,β-unsaturated/α-hetero) is 1. The normalized spacial score (nSPS) is 24.6. The van der Waals surface area contributed by atoms with Gasteiger partial charge in [0.05, 0.1) is 37.9 Å². The van der Waals surface area contributed by atoms with Gasteiger partial charge in [-0.3, -0.25) is 9.59 Å². The molecule has 28 heavy (non-hydrogen) atoms. The monoisotopic (exact) mass is 390 g/mol. The van der Waals surface area contributed by atoms with Gasteiger partial charge in [0.2, 0.25) is 0 Å². The lowest BCUT2D eigenvalue weighted by Crippen LogP contribution is -2.27. The Morgan fingerprint density at radius 3 is 2.64 bits per heavy atom. The van der Waals surface area contributed by atoms with E-state index in [0.717, 1.165) is 11.3 Å². The lowest BCUT2D eigenvalue weighted by Gasteiger charge is -2.23. The highest BCUT2D eigenvalue weighted by atomic mass is 16.5. The molecule has 1 saturated carbocycles. The average Bonchev–Trinajstić information content (AvgIpc) is 2.88. The molecule has 0 aliphatic heterocycles. The van der Waals surface area contributed by atoms with E-state index in [0.29, 0.717) is 13.0 Å². The third kappa shape index (κ3) is 5.58. The third-order valence-electron chi connectivity index (χ3n) is 5.46. The van der Waals surface area contributed by atoms with Gasteiger partial charge in [0.25, 0.3) is 0 Å². The number of ether oxygens (including phenoxy) is 3. The summed E-state index contributed by atoms with van der Waals surface area (Å²) >= 11 is 0. The van der Waals surface area contributed by atoms with Crippen LogP contribution in [0.1, 0.15) is 30.9 Å². The SMILES string of the molecule is COC1C(C)C(=O)[C@H](COc2ccc(C)c(C)c2)[C@H]1C/C=C\OCCC(=O)O. The van der Waals surface area contributed by atoms with Gasteiger partial charge in [-0.05, 0) is 49.6 Å². The molecule has 1 aromatic rings. The van der Waals surface area contributed by atoms with Crippen molar-refractivity contribution in [3.8, 4) is 5.75 Å². The quantitative estimate of drug-likeness (QED) is 0.486. The summed E-state index contributed by atoms with van der Waals surface area (Å²) < 4.78 is 16.7. The number of carbonyl (C=O) groups is 2. The summed E-state index contributed by atoms with van der Waals surface area (Å²) in [5.41, 5.74) is 2.35. The van der Waals surface area contributed by atoms with E-state index in [4.69, 9.17) is 19.3 Å². The highest BCUT2D eigenvalue weighted by molar-refractivity contribution is 5.86. The molecule has 0 spiro atoms. The minimum Gasteiger partial charge on any atom is -0.501 e. The van der Waals surface area contributed by atoms with Gasteiger partial charge in [-0.1, -0.05) is 13.0 Å². The van der Waals surface area contributed by atoms with Crippen LogP contribution in [0.15, 0.2) is 30.5 Å². The molecule has 0 radical (unpaired) electrons. The van der Waals surface area contributed by atoms with Crippen LogP contribution in [0.4, 0.5) is 0 Å². The first-order chi connectivity index (χ1) is 13.3. The van der Waals surface area contributed by atoms with Gasteiger partial charge < -0.3 is 19.3 Å². The molecule has 0 heterocycles. The molecule has 1 aliphatic rings. The maximum absolute atomic E-state index is 12.8. The summed E-state index contributed by atoms with van der Waals surface area (Å²) in [5.74, 6) is -0.448. The van der Waals surface area contributed by atoms with Crippen molar-refractivity contribution in [3.63, 3.8) is 0 Å². The number of carbonyl (C=O) groups excluding carboxylic acids is 1. The number of carboxylic acid groups (broad SMARTS) is 1. The fourth-order valence-electron chi connectivity index (χ4n) is 3.68. The van der Waals surface area contributed by atoms with E-state index in [1.54, 1.807) is 7.11 Å². The summed E-state index contributed by atoms with van der Waals surface area (Å²) in [4.78, 5) is 23.3. The van der Waals surface area contributed by atoms with Crippen LogP contribution in [0.25, 0.3) is 0 Å². The van der Waals surface area contributed by atoms with Gasteiger partial charge in [-0.25, -0.2) is 0 Å². The maximum atomic E-state index is 12.8. The minimum absolute atomic E-state index is 0.0154. The molecule has 2 unspecified atom stereocenters. The molecular weight excluding hydrogens is 360 g/mol. The highest BCUT2D eigenvalue weighted by Crippen LogP contribution is 2.38. The number of allylic oxidation sites excluding steroid dienone is 1. The van der Waals surface area contributed by atoms with E-state index >= 15 is 0 Å². The predicted octanol–water partition coefficient (Wildman–Crippen LogP) is 3.54. The van der Waals surface area contributed by atoms with Crippen LogP contribution in [0.5, 0.6) is 5.75 Å². The first-order valence-electron chi connectivity index (χ1n) is 9.60. The number of hydrogen-bond donors (Lipinski definition) is 1. The molecule has 0 bridgehead atoms. The van der Waals surface area contributed by atoms with Crippen molar-refractivity contribution < 1.29 is 28.9 Å². The van der Waals surface area contributed by atoms with E-state index < -0.39 is 5.97 Å². The Kier molecular flexibility index (Phi) is 8.05. The van der Waals surface area contributed by atoms with E-state index in [1.807, 2.05) is 45.0 Å². The molecule has 1 N–H and O–H groups in total. The van der Waals surface area contributed by atoms with Crippen molar-refractivity contribution in [1.29, 1.82) is 0 Å². The Labute approximate surface area is 166 Å². The first kappa shape index (κ1) is 22.0. The second-order valence-electron chi connectivity index (χ2n) is 7.34. The van der Waals surface area contributed by atoms with Crippen molar-refractivity contribution in [1.82, 2.24) is 0 Å². The number of methoxy groups -OCH3 is 1. The van der Waals surface area contributed by atoms with Gasteiger partial charge in [0.1, 0.15) is 11.5 Å². The molecule has 154 valence electrons. The number of aryl methyl sites for hydroxylation is 2. The molecule has 2 rings (SSSR count). The van der Waals surface area contributed by atoms with Gasteiger partial charge in [0, 0.05) is 18.9 Å². The van der Waals surface area contributed by atoms with Crippen LogP contribution in [0.3, 0.4) is 0 Å². The zero-order valence-corrected chi connectivity index (χ0v) is 17.0. The van der Waals surface area contributed by atoms with Gasteiger partial charge in [0.15, 0.2) is 0 Å². The van der Waals surface area contributed by atoms with Crippen LogP contribution in [-0.2, 0) is 19.1 Å². The van der Waals surface area contributed by atoms with Crippen LogP contribution in [-0.4, -0.2) is 43.3 Å². The standard InChI is InChI=1S/C22H30O6/c1-14-7-8-17(12-15(14)2)28-13-19-18(22(26-4)16(3)21(19)25)6-5-10-27-11-9-20(23)24/h5,7-8,10,12,16,18-19,22H,6,9,11,13H2,1-4H3,(H,23,24)/b10-5-/t16?,18-,19-,22?/m1/s1. The van der Waals surface area contributed by atoms with Gasteiger partial charge >= 0.3 is 5.97 Å². The molecule has 6 nitrogen and oxygen atoms in total. The van der Waals surface area contributed by atoms with Crippen molar-refractivity contribution in [3.05, 3.63) is 41.7 Å². The van der Waals surface area contributed by atoms with Crippen LogP contribution in [0, 0.1) is 31.6 Å². The highest BCUT2D eigenvalue weighted by Gasteiger charge is 2.47. The largest absolute Gasteiger partial charge is 0.501 e. The third-order valence-corrected chi connectivity index (χ3v) is 5.46. The zero-order chi connectivity index (χ0) is 20.7. The molecule has 1 fully saturated rings. The van der Waals surface area contributed by atoms with Gasteiger partial charge in [-0.2, -0.15) is 0 Å². The summed E-state index contributed by atoms with van der Waals surface area (Å²) in [6.45, 7) is 6.41. The molecule has 0 aromatic heterocycles. The molecule has 1 aliphatic carbocycles. The van der Waals surface area contributed by atoms with E-state index in [1.165, 1.54) is 11.8 Å². The number of hydrogen-bond acceptors (Lipinski definition) is 5. The summed E-state index contributed by atoms with van der Waals surface area (Å²) in [7, 11) is 1.63. The Morgan fingerprint density at radius 2 is 2.00 bits per heavy atom. The van der Waals surface area contributed by atoms with E-state index in [9.17, 15) is 9.59 Å². The smallest absolute Gasteiger partial charge is 0.306 e. The number of ketones is 1. The number of benzene rings is 1. The molecule has 0 saturated heterocycles. The first-order valence-corrected chi connectivity index (χ1v) is 9.60. The topological polar surface area (TPSA) is 82.1 Å². The Bertz CT molecular complexity index is 711. The summed E-state index contributed by atoms with van der Waals surface area (Å²) in [6, 6.07) is 5.91. The lowest BCUT2D eigenvalue weighted by molar-refractivity contribution is -0.137. The Morgan fingerprint density at radius 1 is 1.25 bits per heavy atom. The van der Waals surface area contributed by atoms with Crippen molar-refractivity contribution in [2.75, 3.05) is 20.3 Å². The lowest BCUT2D eigenvalue weighted by atomic mass is 9.91.